The molecular weight excluding hydrogens is 449 g/mol. The van der Waals surface area contributed by atoms with Gasteiger partial charge in [-0.25, -0.2) is 12.8 Å². The molecule has 0 bridgehead atoms. The third-order valence-corrected chi connectivity index (χ3v) is 7.61. The van der Waals surface area contributed by atoms with Crippen LogP contribution in [-0.4, -0.2) is 81.4 Å². The Morgan fingerprint density at radius 2 is 1.67 bits per heavy atom. The van der Waals surface area contributed by atoms with Crippen molar-refractivity contribution in [2.45, 2.75) is 17.9 Å². The van der Waals surface area contributed by atoms with Crippen LogP contribution in [0.3, 0.4) is 0 Å². The van der Waals surface area contributed by atoms with Crippen molar-refractivity contribution in [3.63, 3.8) is 0 Å². The van der Waals surface area contributed by atoms with E-state index in [9.17, 15) is 17.6 Å². The van der Waals surface area contributed by atoms with Crippen LogP contribution in [0.15, 0.2) is 47.4 Å². The first-order valence-corrected chi connectivity index (χ1v) is 12.4. The third kappa shape index (κ3) is 5.63. The monoisotopic (exact) mass is 477 g/mol. The number of carbonyl (C=O) groups is 1. The maximum absolute atomic E-state index is 13.1. The zero-order valence-corrected chi connectivity index (χ0v) is 19.4. The molecule has 2 aliphatic rings. The Labute approximate surface area is 193 Å². The molecule has 0 atom stereocenters. The number of piperazine rings is 1. The number of likely N-dealkylation sites (N-methyl/N-ethyl adjacent to an activating group) is 1. The van der Waals surface area contributed by atoms with Gasteiger partial charge in [0.15, 0.2) is 11.5 Å². The molecule has 2 aliphatic heterocycles. The molecule has 33 heavy (non-hydrogen) atoms. The summed E-state index contributed by atoms with van der Waals surface area (Å²) in [5.74, 6) is 0.627. The number of sulfonamides is 1. The van der Waals surface area contributed by atoms with Crippen LogP contribution in [0.2, 0.25) is 0 Å². The van der Waals surface area contributed by atoms with Gasteiger partial charge in [-0.3, -0.25) is 9.69 Å². The van der Waals surface area contributed by atoms with Gasteiger partial charge in [0.05, 0.1) is 24.7 Å². The van der Waals surface area contributed by atoms with E-state index >= 15 is 0 Å². The molecule has 2 aromatic rings. The number of nitrogens with zero attached hydrogens (tertiary/aromatic N) is 3. The quantitative estimate of drug-likeness (QED) is 0.633. The van der Waals surface area contributed by atoms with Gasteiger partial charge >= 0.3 is 0 Å². The first kappa shape index (κ1) is 23.5. The number of amides is 1. The second-order valence-corrected chi connectivity index (χ2v) is 10.2. The Morgan fingerprint density at radius 3 is 2.36 bits per heavy atom. The van der Waals surface area contributed by atoms with Crippen molar-refractivity contribution >= 4 is 15.9 Å². The molecule has 0 spiro atoms. The van der Waals surface area contributed by atoms with Gasteiger partial charge in [-0.15, -0.1) is 0 Å². The van der Waals surface area contributed by atoms with E-state index in [-0.39, 0.29) is 36.3 Å². The van der Waals surface area contributed by atoms with Crippen LogP contribution in [0.1, 0.15) is 12.0 Å². The second kappa shape index (κ2) is 10.1. The lowest BCUT2D eigenvalue weighted by atomic mass is 10.2. The Balaban J connectivity index is 1.32. The van der Waals surface area contributed by atoms with Gasteiger partial charge in [-0.1, -0.05) is 12.1 Å². The lowest BCUT2D eigenvalue weighted by Crippen LogP contribution is -2.52. The number of ether oxygens (including phenoxy) is 2. The molecule has 0 unspecified atom stereocenters. The first-order valence-electron chi connectivity index (χ1n) is 10.9. The highest BCUT2D eigenvalue weighted by Crippen LogP contribution is 2.33. The summed E-state index contributed by atoms with van der Waals surface area (Å²) >= 11 is 0. The van der Waals surface area contributed by atoms with Crippen molar-refractivity contribution in [2.24, 2.45) is 0 Å². The van der Waals surface area contributed by atoms with Gasteiger partial charge < -0.3 is 14.4 Å². The molecule has 1 amide bonds. The minimum absolute atomic E-state index is 0.0627. The van der Waals surface area contributed by atoms with Gasteiger partial charge in [0.25, 0.3) is 0 Å². The summed E-state index contributed by atoms with van der Waals surface area (Å²) < 4.78 is 51.9. The topological polar surface area (TPSA) is 79.4 Å². The number of hydrogen-bond donors (Lipinski definition) is 0. The van der Waals surface area contributed by atoms with Gasteiger partial charge in [-0.05, 0) is 36.9 Å². The van der Waals surface area contributed by atoms with E-state index in [1.165, 1.54) is 28.6 Å². The number of rotatable bonds is 6. The summed E-state index contributed by atoms with van der Waals surface area (Å²) in [5, 5.41) is 0. The maximum Gasteiger partial charge on any atom is 0.243 e. The van der Waals surface area contributed by atoms with Gasteiger partial charge in [0, 0.05) is 45.2 Å². The van der Waals surface area contributed by atoms with Crippen molar-refractivity contribution in [1.82, 2.24) is 14.1 Å². The fraction of sp³-hybridized carbons (Fsp3) is 0.435. The molecule has 4 rings (SSSR count). The highest BCUT2D eigenvalue weighted by molar-refractivity contribution is 7.89. The summed E-state index contributed by atoms with van der Waals surface area (Å²) in [6.45, 7) is 2.84. The van der Waals surface area contributed by atoms with E-state index in [1.54, 1.807) is 23.1 Å². The lowest BCUT2D eigenvalue weighted by molar-refractivity contribution is -0.133. The lowest BCUT2D eigenvalue weighted by Gasteiger charge is -2.34. The van der Waals surface area contributed by atoms with Crippen LogP contribution < -0.4 is 9.47 Å². The summed E-state index contributed by atoms with van der Waals surface area (Å²) in [6, 6.07) is 10.9. The van der Waals surface area contributed by atoms with E-state index in [2.05, 4.69) is 0 Å². The van der Waals surface area contributed by atoms with Crippen LogP contribution in [0.4, 0.5) is 4.39 Å². The first-order chi connectivity index (χ1) is 15.8. The summed E-state index contributed by atoms with van der Waals surface area (Å²) in [6.07, 6.45) is 0.742. The van der Waals surface area contributed by atoms with Crippen LogP contribution in [0.25, 0.3) is 0 Å². The molecule has 10 heteroatoms. The van der Waals surface area contributed by atoms with Crippen LogP contribution in [0, 0.1) is 5.82 Å². The normalized spacial score (nSPS) is 17.1. The molecule has 0 saturated carbocycles. The molecular formula is C23H28FN3O5S. The molecule has 178 valence electrons. The van der Waals surface area contributed by atoms with Gasteiger partial charge in [0.1, 0.15) is 5.82 Å². The third-order valence-electron chi connectivity index (χ3n) is 5.72. The second-order valence-electron chi connectivity index (χ2n) is 8.24. The predicted molar refractivity (Wildman–Crippen MR) is 120 cm³/mol. The van der Waals surface area contributed by atoms with Crippen LogP contribution in [0.5, 0.6) is 11.5 Å². The smallest absolute Gasteiger partial charge is 0.243 e. The zero-order chi connectivity index (χ0) is 23.4. The highest BCUT2D eigenvalue weighted by Gasteiger charge is 2.31. The molecule has 2 aromatic carbocycles. The van der Waals surface area contributed by atoms with E-state index < -0.39 is 10.0 Å². The molecule has 0 N–H and O–H groups in total. The van der Waals surface area contributed by atoms with Gasteiger partial charge in [0.2, 0.25) is 15.9 Å². The summed E-state index contributed by atoms with van der Waals surface area (Å²) in [7, 11) is -1.88. The Morgan fingerprint density at radius 1 is 1.00 bits per heavy atom. The molecule has 0 aromatic heterocycles. The van der Waals surface area contributed by atoms with Crippen molar-refractivity contribution < 1.29 is 27.1 Å². The molecule has 2 heterocycles. The Hall–Kier alpha value is -2.69. The van der Waals surface area contributed by atoms with Crippen molar-refractivity contribution in [1.29, 1.82) is 0 Å². The van der Waals surface area contributed by atoms with Crippen LogP contribution >= 0.6 is 0 Å². The Kier molecular flexibility index (Phi) is 7.16. The SMILES string of the molecule is CN(CC(=O)N1CCN(S(=O)(=O)c2ccc3c(c2)OCCCO3)CC1)Cc1ccc(F)cc1. The van der Waals surface area contributed by atoms with Gasteiger partial charge in [-0.2, -0.15) is 4.31 Å². The summed E-state index contributed by atoms with van der Waals surface area (Å²) in [4.78, 5) is 16.4. The largest absolute Gasteiger partial charge is 0.490 e. The number of fused-ring (bicyclic) bond motifs is 1. The number of hydrogen-bond acceptors (Lipinski definition) is 6. The average molecular weight is 478 g/mol. The Bertz CT molecular complexity index is 1090. The molecule has 1 saturated heterocycles. The number of benzene rings is 2. The predicted octanol–water partition coefficient (Wildman–Crippen LogP) is 1.95. The average Bonchev–Trinajstić information content (AvgIpc) is 3.05. The molecule has 0 radical (unpaired) electrons. The molecule has 1 fully saturated rings. The molecule has 8 nitrogen and oxygen atoms in total. The maximum atomic E-state index is 13.1. The minimum Gasteiger partial charge on any atom is -0.490 e. The highest BCUT2D eigenvalue weighted by atomic mass is 32.2. The fourth-order valence-electron chi connectivity index (χ4n) is 3.92. The van der Waals surface area contributed by atoms with E-state index in [4.69, 9.17) is 9.47 Å². The number of carbonyl (C=O) groups excluding carboxylic acids is 1. The van der Waals surface area contributed by atoms with Crippen molar-refractivity contribution in [2.75, 3.05) is 53.0 Å². The summed E-state index contributed by atoms with van der Waals surface area (Å²) in [5.41, 5.74) is 0.915. The number of halogens is 1. The minimum atomic E-state index is -3.71. The molecule has 0 aliphatic carbocycles. The fourth-order valence-corrected chi connectivity index (χ4v) is 5.36. The van der Waals surface area contributed by atoms with E-state index in [0.717, 1.165) is 12.0 Å². The van der Waals surface area contributed by atoms with Crippen LogP contribution in [-0.2, 0) is 21.4 Å². The van der Waals surface area contributed by atoms with E-state index in [0.29, 0.717) is 44.3 Å². The van der Waals surface area contributed by atoms with E-state index in [1.807, 2.05) is 11.9 Å². The standard InChI is InChI=1S/C23H28FN3O5S/c1-25(16-18-3-5-19(24)6-4-18)17-23(28)26-9-11-27(12-10-26)33(29,30)20-7-8-21-22(15-20)32-14-2-13-31-21/h3-8,15H,2,9-14,16-17H2,1H3. The zero-order valence-electron chi connectivity index (χ0n) is 18.6. The van der Waals surface area contributed by atoms with Crippen molar-refractivity contribution in [3.8, 4) is 11.5 Å². The van der Waals surface area contributed by atoms with Crippen molar-refractivity contribution in [3.05, 3.63) is 53.8 Å².